The molecular formula is C17H21NOS. The summed E-state index contributed by atoms with van der Waals surface area (Å²) >= 11 is 1.79. The van der Waals surface area contributed by atoms with Crippen molar-refractivity contribution in [2.24, 2.45) is 5.73 Å². The van der Waals surface area contributed by atoms with Gasteiger partial charge >= 0.3 is 0 Å². The summed E-state index contributed by atoms with van der Waals surface area (Å²) in [6.07, 6.45) is 3.67. The van der Waals surface area contributed by atoms with Crippen LogP contribution in [0.5, 0.6) is 0 Å². The second kappa shape index (κ2) is 6.08. The lowest BCUT2D eigenvalue weighted by Crippen LogP contribution is -2.20. The molecule has 1 aromatic carbocycles. The lowest BCUT2D eigenvalue weighted by molar-refractivity contribution is -0.0174. The molecule has 1 aliphatic carbocycles. The zero-order valence-corrected chi connectivity index (χ0v) is 12.7. The van der Waals surface area contributed by atoms with Crippen LogP contribution in [0.15, 0.2) is 36.4 Å². The first kappa shape index (κ1) is 13.8. The van der Waals surface area contributed by atoms with Crippen LogP contribution in [-0.2, 0) is 11.2 Å². The van der Waals surface area contributed by atoms with Crippen LogP contribution < -0.4 is 5.73 Å². The molecule has 0 spiro atoms. The Labute approximate surface area is 124 Å². The van der Waals surface area contributed by atoms with E-state index in [1.165, 1.54) is 33.7 Å². The van der Waals surface area contributed by atoms with E-state index in [0.29, 0.717) is 6.54 Å². The Kier molecular flexibility index (Phi) is 4.20. The Morgan fingerprint density at radius 1 is 1.30 bits per heavy atom. The fraction of sp³-hybridized carbons (Fsp3) is 0.412. The molecule has 2 N–H and O–H groups in total. The first-order valence-corrected chi connectivity index (χ1v) is 8.09. The molecule has 0 radical (unpaired) electrons. The van der Waals surface area contributed by atoms with Gasteiger partial charge in [0.1, 0.15) is 6.10 Å². The van der Waals surface area contributed by atoms with Crippen LogP contribution in [0.2, 0.25) is 0 Å². The van der Waals surface area contributed by atoms with Gasteiger partial charge in [-0.25, -0.2) is 0 Å². The highest BCUT2D eigenvalue weighted by molar-refractivity contribution is 7.12. The van der Waals surface area contributed by atoms with Crippen LogP contribution in [-0.4, -0.2) is 6.54 Å². The summed E-state index contributed by atoms with van der Waals surface area (Å²) in [6, 6.07) is 12.9. The average Bonchev–Trinajstić information content (AvgIpc) is 2.91. The zero-order chi connectivity index (χ0) is 13.9. The van der Waals surface area contributed by atoms with E-state index >= 15 is 0 Å². The van der Waals surface area contributed by atoms with E-state index in [2.05, 4.69) is 43.3 Å². The number of fused-ring (bicyclic) bond motifs is 1. The monoisotopic (exact) mass is 287 g/mol. The van der Waals surface area contributed by atoms with E-state index in [9.17, 15) is 0 Å². The largest absolute Gasteiger partial charge is 0.363 e. The van der Waals surface area contributed by atoms with Crippen molar-refractivity contribution in [1.29, 1.82) is 0 Å². The highest BCUT2D eigenvalue weighted by Gasteiger charge is 2.24. The topological polar surface area (TPSA) is 35.2 Å². The molecule has 2 atom stereocenters. The van der Waals surface area contributed by atoms with Crippen molar-refractivity contribution >= 4 is 11.3 Å². The molecule has 2 unspecified atom stereocenters. The van der Waals surface area contributed by atoms with Crippen molar-refractivity contribution < 1.29 is 4.74 Å². The minimum Gasteiger partial charge on any atom is -0.363 e. The maximum absolute atomic E-state index is 6.35. The van der Waals surface area contributed by atoms with Gasteiger partial charge in [-0.2, -0.15) is 0 Å². The summed E-state index contributed by atoms with van der Waals surface area (Å²) in [5.74, 6) is 0. The van der Waals surface area contributed by atoms with E-state index in [-0.39, 0.29) is 12.2 Å². The number of hydrogen-bond donors (Lipinski definition) is 1. The molecule has 0 fully saturated rings. The van der Waals surface area contributed by atoms with Crippen LogP contribution in [0.1, 0.15) is 45.9 Å². The molecule has 0 amide bonds. The van der Waals surface area contributed by atoms with Crippen LogP contribution in [0, 0.1) is 6.92 Å². The third kappa shape index (κ3) is 2.80. The molecule has 3 rings (SSSR count). The van der Waals surface area contributed by atoms with Crippen LogP contribution in [0.4, 0.5) is 0 Å². The van der Waals surface area contributed by atoms with Gasteiger partial charge in [0.15, 0.2) is 0 Å². The Bertz CT molecular complexity index is 578. The number of benzene rings is 1. The Morgan fingerprint density at radius 3 is 2.90 bits per heavy atom. The molecule has 1 aromatic heterocycles. The van der Waals surface area contributed by atoms with Gasteiger partial charge in [0.25, 0.3) is 0 Å². The predicted octanol–water partition coefficient (Wildman–Crippen LogP) is 4.15. The molecule has 3 heteroatoms. The summed E-state index contributed by atoms with van der Waals surface area (Å²) < 4.78 is 6.35. The van der Waals surface area contributed by atoms with Gasteiger partial charge in [-0.05, 0) is 49.4 Å². The minimum atomic E-state index is 0.0184. The molecule has 0 saturated carbocycles. The van der Waals surface area contributed by atoms with Gasteiger partial charge in [0.2, 0.25) is 0 Å². The Balaban J connectivity index is 1.80. The summed E-state index contributed by atoms with van der Waals surface area (Å²) in [5.41, 5.74) is 8.72. The first-order chi connectivity index (χ1) is 9.78. The first-order valence-electron chi connectivity index (χ1n) is 7.27. The number of aryl methyl sites for hydroxylation is 2. The van der Waals surface area contributed by atoms with Gasteiger partial charge < -0.3 is 10.5 Å². The highest BCUT2D eigenvalue weighted by Crippen LogP contribution is 2.37. The van der Waals surface area contributed by atoms with Crippen molar-refractivity contribution in [2.45, 2.75) is 38.4 Å². The van der Waals surface area contributed by atoms with Crippen molar-refractivity contribution in [3.8, 4) is 0 Å². The highest BCUT2D eigenvalue weighted by atomic mass is 32.1. The quantitative estimate of drug-likeness (QED) is 0.916. The Hall–Kier alpha value is -1.16. The lowest BCUT2D eigenvalue weighted by atomic mass is 9.89. The fourth-order valence-electron chi connectivity index (χ4n) is 2.91. The van der Waals surface area contributed by atoms with Crippen molar-refractivity contribution in [1.82, 2.24) is 0 Å². The third-order valence-electron chi connectivity index (χ3n) is 3.94. The molecule has 1 heterocycles. The summed E-state index contributed by atoms with van der Waals surface area (Å²) in [7, 11) is 0. The van der Waals surface area contributed by atoms with Crippen LogP contribution in [0.3, 0.4) is 0 Å². The number of nitrogens with two attached hydrogens (primary N) is 1. The normalized spacial score (nSPS) is 19.6. The molecule has 0 aliphatic heterocycles. The third-order valence-corrected chi connectivity index (χ3v) is 5.03. The van der Waals surface area contributed by atoms with E-state index in [0.717, 1.165) is 6.42 Å². The van der Waals surface area contributed by atoms with Crippen LogP contribution >= 0.6 is 11.3 Å². The van der Waals surface area contributed by atoms with Gasteiger partial charge in [0, 0.05) is 16.3 Å². The molecule has 0 saturated heterocycles. The SMILES string of the molecule is Cc1ccc(C(CN)OC2CCCc3ccccc32)s1. The van der Waals surface area contributed by atoms with Gasteiger partial charge in [-0.1, -0.05) is 24.3 Å². The number of thiophene rings is 1. The number of hydrogen-bond acceptors (Lipinski definition) is 3. The van der Waals surface area contributed by atoms with Gasteiger partial charge in [-0.15, -0.1) is 11.3 Å². The van der Waals surface area contributed by atoms with Crippen LogP contribution in [0.25, 0.3) is 0 Å². The smallest absolute Gasteiger partial charge is 0.105 e. The van der Waals surface area contributed by atoms with Crippen molar-refractivity contribution in [3.05, 3.63) is 57.3 Å². The van der Waals surface area contributed by atoms with E-state index in [1.807, 2.05) is 0 Å². The number of ether oxygens (including phenoxy) is 1. The number of rotatable bonds is 4. The summed E-state index contributed by atoms with van der Waals surface area (Å²) in [6.45, 7) is 2.66. The molecule has 20 heavy (non-hydrogen) atoms. The summed E-state index contributed by atoms with van der Waals surface area (Å²) in [5, 5.41) is 0. The molecule has 106 valence electrons. The van der Waals surface area contributed by atoms with E-state index < -0.39 is 0 Å². The van der Waals surface area contributed by atoms with E-state index in [1.54, 1.807) is 11.3 Å². The second-order valence-corrected chi connectivity index (χ2v) is 6.71. The molecule has 2 nitrogen and oxygen atoms in total. The molecule has 2 aromatic rings. The second-order valence-electron chi connectivity index (χ2n) is 5.39. The molecule has 0 bridgehead atoms. The van der Waals surface area contributed by atoms with Crippen molar-refractivity contribution in [3.63, 3.8) is 0 Å². The molecule has 1 aliphatic rings. The maximum Gasteiger partial charge on any atom is 0.105 e. The van der Waals surface area contributed by atoms with Gasteiger partial charge in [0.05, 0.1) is 6.10 Å². The Morgan fingerprint density at radius 2 is 2.15 bits per heavy atom. The predicted molar refractivity (Wildman–Crippen MR) is 84.1 cm³/mol. The zero-order valence-electron chi connectivity index (χ0n) is 11.8. The standard InChI is InChI=1S/C17H21NOS/c1-12-9-10-17(20-12)16(11-18)19-15-8-4-6-13-5-2-3-7-14(13)15/h2-3,5,7,9-10,15-16H,4,6,8,11,18H2,1H3. The average molecular weight is 287 g/mol. The van der Waals surface area contributed by atoms with Crippen molar-refractivity contribution in [2.75, 3.05) is 6.54 Å². The maximum atomic E-state index is 6.35. The summed E-state index contributed by atoms with van der Waals surface area (Å²) in [4.78, 5) is 2.55. The van der Waals surface area contributed by atoms with E-state index in [4.69, 9.17) is 10.5 Å². The fourth-order valence-corrected chi connectivity index (χ4v) is 3.84. The lowest BCUT2D eigenvalue weighted by Gasteiger charge is -2.29. The van der Waals surface area contributed by atoms with Gasteiger partial charge in [-0.3, -0.25) is 0 Å². The minimum absolute atomic E-state index is 0.0184. The molecular weight excluding hydrogens is 266 g/mol.